The highest BCUT2D eigenvalue weighted by Crippen LogP contribution is 1.93. The quantitative estimate of drug-likeness (QED) is 0.549. The number of hydrogen-bond donors (Lipinski definition) is 2. The van der Waals surface area contributed by atoms with Crippen molar-refractivity contribution in [3.8, 4) is 11.8 Å². The predicted octanol–water partition coefficient (Wildman–Crippen LogP) is 1.01. The molecule has 2 nitrogen and oxygen atoms in total. The molecule has 0 aromatic heterocycles. The average Bonchev–Trinajstić information content (AvgIpc) is 2.18. The second-order valence-corrected chi connectivity index (χ2v) is 3.15. The Kier molecular flexibility index (Phi) is 4.77. The van der Waals surface area contributed by atoms with Crippen LogP contribution in [0.1, 0.15) is 12.5 Å². The van der Waals surface area contributed by atoms with Gasteiger partial charge in [0.15, 0.2) is 0 Å². The minimum atomic E-state index is -0.312. The first-order valence-electron chi connectivity index (χ1n) is 4.72. The molecule has 0 radical (unpaired) electrons. The molecule has 1 rings (SSSR count). The molecule has 0 spiro atoms. The number of hydrogen-bond acceptors (Lipinski definition) is 2. The summed E-state index contributed by atoms with van der Waals surface area (Å²) in [6.07, 6.45) is -0.312. The molecule has 1 aromatic carbocycles. The molecule has 14 heavy (non-hydrogen) atoms. The third-order valence-electron chi connectivity index (χ3n) is 1.66. The van der Waals surface area contributed by atoms with E-state index in [1.807, 2.05) is 30.3 Å². The molecule has 0 amide bonds. The van der Waals surface area contributed by atoms with Gasteiger partial charge in [-0.2, -0.15) is 0 Å². The lowest BCUT2D eigenvalue weighted by Crippen LogP contribution is -2.24. The Morgan fingerprint density at radius 2 is 2.07 bits per heavy atom. The molecular weight excluding hydrogens is 174 g/mol. The summed E-state index contributed by atoms with van der Waals surface area (Å²) in [7, 11) is 0. The summed E-state index contributed by atoms with van der Waals surface area (Å²) >= 11 is 0. The van der Waals surface area contributed by atoms with Crippen molar-refractivity contribution in [2.45, 2.75) is 13.0 Å². The molecule has 0 bridgehead atoms. The predicted molar refractivity (Wildman–Crippen MR) is 57.9 cm³/mol. The topological polar surface area (TPSA) is 32.3 Å². The Labute approximate surface area is 85.0 Å². The summed E-state index contributed by atoms with van der Waals surface area (Å²) < 4.78 is 0. The van der Waals surface area contributed by atoms with Gasteiger partial charge in [0, 0.05) is 12.1 Å². The van der Waals surface area contributed by atoms with Crippen LogP contribution in [0, 0.1) is 11.8 Å². The van der Waals surface area contributed by atoms with Crippen LogP contribution in [-0.4, -0.2) is 24.3 Å². The van der Waals surface area contributed by atoms with E-state index in [1.54, 1.807) is 6.92 Å². The van der Waals surface area contributed by atoms with E-state index < -0.39 is 0 Å². The van der Waals surface area contributed by atoms with E-state index in [4.69, 9.17) is 5.11 Å². The number of benzene rings is 1. The van der Waals surface area contributed by atoms with Gasteiger partial charge in [-0.3, -0.25) is 0 Å². The molecule has 0 saturated carbocycles. The number of rotatable bonds is 3. The lowest BCUT2D eigenvalue weighted by atomic mass is 10.2. The van der Waals surface area contributed by atoms with Gasteiger partial charge in [-0.1, -0.05) is 30.0 Å². The van der Waals surface area contributed by atoms with Crippen LogP contribution in [0.25, 0.3) is 0 Å². The first kappa shape index (κ1) is 10.8. The summed E-state index contributed by atoms with van der Waals surface area (Å²) in [6.45, 7) is 2.95. The SMILES string of the molecule is CC(O)CNCC#Cc1ccccc1. The fourth-order valence-electron chi connectivity index (χ4n) is 1.01. The Morgan fingerprint density at radius 1 is 1.36 bits per heavy atom. The van der Waals surface area contributed by atoms with Crippen molar-refractivity contribution in [2.24, 2.45) is 0 Å². The summed E-state index contributed by atoms with van der Waals surface area (Å²) in [5.74, 6) is 6.01. The third kappa shape index (κ3) is 4.66. The smallest absolute Gasteiger partial charge is 0.0636 e. The Balaban J connectivity index is 2.28. The number of aliphatic hydroxyl groups excluding tert-OH is 1. The van der Waals surface area contributed by atoms with Crippen molar-refractivity contribution in [2.75, 3.05) is 13.1 Å². The molecule has 1 unspecified atom stereocenters. The van der Waals surface area contributed by atoms with Crippen molar-refractivity contribution in [1.82, 2.24) is 5.32 Å². The van der Waals surface area contributed by atoms with Gasteiger partial charge in [0.2, 0.25) is 0 Å². The van der Waals surface area contributed by atoms with Gasteiger partial charge >= 0.3 is 0 Å². The zero-order valence-corrected chi connectivity index (χ0v) is 8.33. The van der Waals surface area contributed by atoms with E-state index in [9.17, 15) is 0 Å². The van der Waals surface area contributed by atoms with Crippen molar-refractivity contribution < 1.29 is 5.11 Å². The molecule has 0 fully saturated rings. The van der Waals surface area contributed by atoms with Crippen LogP contribution in [0.3, 0.4) is 0 Å². The minimum absolute atomic E-state index is 0.312. The van der Waals surface area contributed by atoms with Crippen LogP contribution in [0.2, 0.25) is 0 Å². The van der Waals surface area contributed by atoms with Crippen molar-refractivity contribution in [3.63, 3.8) is 0 Å². The molecule has 1 aromatic rings. The van der Waals surface area contributed by atoms with Gasteiger partial charge in [-0.15, -0.1) is 0 Å². The number of aliphatic hydroxyl groups is 1. The van der Waals surface area contributed by atoms with Gasteiger partial charge in [0.25, 0.3) is 0 Å². The first-order valence-corrected chi connectivity index (χ1v) is 4.72. The van der Waals surface area contributed by atoms with Gasteiger partial charge in [0.05, 0.1) is 12.6 Å². The second kappa shape index (κ2) is 6.20. The fraction of sp³-hybridized carbons (Fsp3) is 0.333. The Morgan fingerprint density at radius 3 is 2.71 bits per heavy atom. The molecule has 74 valence electrons. The summed E-state index contributed by atoms with van der Waals surface area (Å²) in [6, 6.07) is 9.85. The average molecular weight is 189 g/mol. The van der Waals surface area contributed by atoms with Gasteiger partial charge in [-0.05, 0) is 19.1 Å². The Hall–Kier alpha value is -1.30. The van der Waals surface area contributed by atoms with Crippen molar-refractivity contribution in [1.29, 1.82) is 0 Å². The highest BCUT2D eigenvalue weighted by Gasteiger charge is 1.90. The van der Waals surface area contributed by atoms with Crippen LogP contribution in [-0.2, 0) is 0 Å². The van der Waals surface area contributed by atoms with E-state index in [2.05, 4.69) is 17.2 Å². The zero-order valence-electron chi connectivity index (χ0n) is 8.33. The number of nitrogens with one attached hydrogen (secondary N) is 1. The van der Waals surface area contributed by atoms with Crippen molar-refractivity contribution >= 4 is 0 Å². The standard InChI is InChI=1S/C12H15NO/c1-11(14)10-13-9-5-8-12-6-3-2-4-7-12/h2-4,6-7,11,13-14H,9-10H2,1H3. The second-order valence-electron chi connectivity index (χ2n) is 3.15. The van der Waals surface area contributed by atoms with Crippen LogP contribution in [0.15, 0.2) is 30.3 Å². The molecule has 1 atom stereocenters. The summed E-state index contributed by atoms with van der Waals surface area (Å²) in [5.41, 5.74) is 1.02. The monoisotopic (exact) mass is 189 g/mol. The fourth-order valence-corrected chi connectivity index (χ4v) is 1.01. The molecular formula is C12H15NO. The molecule has 0 saturated heterocycles. The summed E-state index contributed by atoms with van der Waals surface area (Å²) in [5, 5.41) is 12.0. The van der Waals surface area contributed by atoms with Crippen LogP contribution in [0.4, 0.5) is 0 Å². The molecule has 0 aliphatic rings. The maximum atomic E-state index is 8.96. The van der Waals surface area contributed by atoms with Crippen LogP contribution >= 0.6 is 0 Å². The lowest BCUT2D eigenvalue weighted by Gasteiger charge is -2.01. The molecule has 0 heterocycles. The van der Waals surface area contributed by atoms with E-state index >= 15 is 0 Å². The molecule has 0 aliphatic heterocycles. The van der Waals surface area contributed by atoms with Crippen molar-refractivity contribution in [3.05, 3.63) is 35.9 Å². The van der Waals surface area contributed by atoms with E-state index in [0.717, 1.165) is 5.56 Å². The maximum absolute atomic E-state index is 8.96. The minimum Gasteiger partial charge on any atom is -0.392 e. The molecule has 2 N–H and O–H groups in total. The van der Waals surface area contributed by atoms with E-state index in [1.165, 1.54) is 0 Å². The normalized spacial score (nSPS) is 11.6. The third-order valence-corrected chi connectivity index (χ3v) is 1.66. The Bertz CT molecular complexity index is 308. The highest BCUT2D eigenvalue weighted by molar-refractivity contribution is 5.33. The zero-order chi connectivity index (χ0) is 10.2. The molecule has 2 heteroatoms. The van der Waals surface area contributed by atoms with Crippen LogP contribution in [0.5, 0.6) is 0 Å². The van der Waals surface area contributed by atoms with Gasteiger partial charge in [0.1, 0.15) is 0 Å². The molecule has 0 aliphatic carbocycles. The summed E-state index contributed by atoms with van der Waals surface area (Å²) in [4.78, 5) is 0. The highest BCUT2D eigenvalue weighted by atomic mass is 16.3. The lowest BCUT2D eigenvalue weighted by molar-refractivity contribution is 0.193. The van der Waals surface area contributed by atoms with E-state index in [0.29, 0.717) is 13.1 Å². The maximum Gasteiger partial charge on any atom is 0.0636 e. The van der Waals surface area contributed by atoms with Gasteiger partial charge < -0.3 is 10.4 Å². The van der Waals surface area contributed by atoms with E-state index in [-0.39, 0.29) is 6.10 Å². The largest absolute Gasteiger partial charge is 0.392 e. The first-order chi connectivity index (χ1) is 6.79. The van der Waals surface area contributed by atoms with Crippen LogP contribution < -0.4 is 5.32 Å². The van der Waals surface area contributed by atoms with Gasteiger partial charge in [-0.25, -0.2) is 0 Å².